The summed E-state index contributed by atoms with van der Waals surface area (Å²) in [7, 11) is 3.36. The fraction of sp³-hybridized carbons (Fsp3) is 0.130. The number of allylic oxidation sites excluding steroid dienone is 3. The van der Waals surface area contributed by atoms with Crippen molar-refractivity contribution in [3.8, 4) is 11.5 Å². The van der Waals surface area contributed by atoms with Gasteiger partial charge in [-0.3, -0.25) is 9.98 Å². The molecular weight excluding hydrogens is 378 g/mol. The van der Waals surface area contributed by atoms with Crippen LogP contribution in [0.5, 0.6) is 11.5 Å². The molecule has 7 nitrogen and oxygen atoms in total. The SMILES string of the molecule is C=C1C=CC(c2ncccn2)=CN1C(COc1ccnc2cc(OC)ccc12)=NC. The van der Waals surface area contributed by atoms with E-state index in [1.165, 1.54) is 0 Å². The second-order valence-corrected chi connectivity index (χ2v) is 6.47. The number of aromatic nitrogens is 3. The number of methoxy groups -OCH3 is 1. The highest BCUT2D eigenvalue weighted by Gasteiger charge is 2.18. The molecule has 4 rings (SSSR count). The van der Waals surface area contributed by atoms with Crippen molar-refractivity contribution in [1.82, 2.24) is 19.9 Å². The Morgan fingerprint density at radius 2 is 1.93 bits per heavy atom. The van der Waals surface area contributed by atoms with Crippen LogP contribution in [0.25, 0.3) is 16.5 Å². The van der Waals surface area contributed by atoms with E-state index in [0.29, 0.717) is 11.7 Å². The average molecular weight is 399 g/mol. The lowest BCUT2D eigenvalue weighted by Crippen LogP contribution is -2.31. The summed E-state index contributed by atoms with van der Waals surface area (Å²) in [6.07, 6.45) is 10.9. The quantitative estimate of drug-likeness (QED) is 0.479. The number of benzene rings is 1. The molecule has 3 heterocycles. The van der Waals surface area contributed by atoms with E-state index >= 15 is 0 Å². The maximum Gasteiger partial charge on any atom is 0.160 e. The van der Waals surface area contributed by atoms with Crippen LogP contribution in [0.3, 0.4) is 0 Å². The van der Waals surface area contributed by atoms with Crippen LogP contribution in [-0.2, 0) is 0 Å². The highest BCUT2D eigenvalue weighted by atomic mass is 16.5. The second kappa shape index (κ2) is 8.57. The molecule has 150 valence electrons. The molecule has 0 unspecified atom stereocenters. The number of aliphatic imine (C=N–C) groups is 1. The number of pyridine rings is 1. The molecule has 0 atom stereocenters. The van der Waals surface area contributed by atoms with E-state index in [-0.39, 0.29) is 6.61 Å². The minimum atomic E-state index is 0.258. The van der Waals surface area contributed by atoms with Crippen molar-refractivity contribution in [2.45, 2.75) is 0 Å². The lowest BCUT2D eigenvalue weighted by molar-refractivity contribution is 0.368. The molecule has 7 heteroatoms. The van der Waals surface area contributed by atoms with Crippen LogP contribution >= 0.6 is 0 Å². The number of fused-ring (bicyclic) bond motifs is 1. The first-order valence-electron chi connectivity index (χ1n) is 9.36. The first kappa shape index (κ1) is 19.3. The molecule has 0 saturated heterocycles. The maximum atomic E-state index is 6.11. The van der Waals surface area contributed by atoms with Crippen molar-refractivity contribution < 1.29 is 9.47 Å². The Hall–Kier alpha value is -4.00. The standard InChI is InChI=1S/C23H21N5O2/c1-16-5-6-17(23-26-10-4-11-27-23)14-28(16)22(24-2)15-30-21-9-12-25-20-13-18(29-3)7-8-19(20)21/h4-14H,1,15H2,2-3H3. The van der Waals surface area contributed by atoms with Crippen LogP contribution in [0.2, 0.25) is 0 Å². The van der Waals surface area contributed by atoms with Gasteiger partial charge in [0.25, 0.3) is 0 Å². The van der Waals surface area contributed by atoms with Gasteiger partial charge in [0.2, 0.25) is 0 Å². The molecule has 3 aromatic rings. The fourth-order valence-corrected chi connectivity index (χ4v) is 3.09. The van der Waals surface area contributed by atoms with Crippen molar-refractivity contribution in [1.29, 1.82) is 0 Å². The Morgan fingerprint density at radius 3 is 2.70 bits per heavy atom. The lowest BCUT2D eigenvalue weighted by atomic mass is 10.1. The van der Waals surface area contributed by atoms with Crippen molar-refractivity contribution in [2.24, 2.45) is 4.99 Å². The predicted molar refractivity (Wildman–Crippen MR) is 117 cm³/mol. The summed E-state index contributed by atoms with van der Waals surface area (Å²) in [5.41, 5.74) is 2.45. The molecule has 0 amide bonds. The number of amidine groups is 1. The van der Waals surface area contributed by atoms with Gasteiger partial charge in [0, 0.05) is 54.6 Å². The number of ether oxygens (including phenoxy) is 2. The van der Waals surface area contributed by atoms with Gasteiger partial charge in [-0.05, 0) is 36.4 Å². The van der Waals surface area contributed by atoms with E-state index in [2.05, 4.69) is 26.5 Å². The minimum absolute atomic E-state index is 0.258. The smallest absolute Gasteiger partial charge is 0.160 e. The Labute approximate surface area is 174 Å². The third kappa shape index (κ3) is 3.91. The van der Waals surface area contributed by atoms with Gasteiger partial charge in [0.05, 0.1) is 12.6 Å². The van der Waals surface area contributed by atoms with Crippen molar-refractivity contribution >= 4 is 22.3 Å². The summed E-state index contributed by atoms with van der Waals surface area (Å²) >= 11 is 0. The topological polar surface area (TPSA) is 72.7 Å². The Bertz CT molecular complexity index is 1170. The Balaban J connectivity index is 1.57. The summed E-state index contributed by atoms with van der Waals surface area (Å²) in [5, 5.41) is 0.903. The van der Waals surface area contributed by atoms with Gasteiger partial charge in [-0.2, -0.15) is 0 Å². The second-order valence-electron chi connectivity index (χ2n) is 6.47. The summed E-state index contributed by atoms with van der Waals surface area (Å²) in [5.74, 6) is 2.81. The first-order chi connectivity index (χ1) is 14.7. The molecule has 0 aliphatic carbocycles. The number of hydrogen-bond acceptors (Lipinski definition) is 6. The van der Waals surface area contributed by atoms with Gasteiger partial charge >= 0.3 is 0 Å². The minimum Gasteiger partial charge on any atom is -0.497 e. The summed E-state index contributed by atoms with van der Waals surface area (Å²) in [4.78, 5) is 19.3. The third-order valence-corrected chi connectivity index (χ3v) is 4.66. The van der Waals surface area contributed by atoms with Gasteiger partial charge in [-0.1, -0.05) is 6.58 Å². The summed E-state index contributed by atoms with van der Waals surface area (Å²) in [6.45, 7) is 4.37. The molecule has 1 aromatic carbocycles. The van der Waals surface area contributed by atoms with Crippen LogP contribution in [0.4, 0.5) is 0 Å². The number of nitrogens with zero attached hydrogens (tertiary/aromatic N) is 5. The van der Waals surface area contributed by atoms with Crippen molar-refractivity contribution in [2.75, 3.05) is 20.8 Å². The predicted octanol–water partition coefficient (Wildman–Crippen LogP) is 3.87. The molecule has 0 bridgehead atoms. The van der Waals surface area contributed by atoms with Crippen LogP contribution in [0.1, 0.15) is 5.82 Å². The normalized spacial score (nSPS) is 14.1. The van der Waals surface area contributed by atoms with E-state index in [1.54, 1.807) is 38.8 Å². The molecule has 0 fully saturated rings. The lowest BCUT2D eigenvalue weighted by Gasteiger charge is -2.26. The zero-order chi connectivity index (χ0) is 20.9. The van der Waals surface area contributed by atoms with Crippen LogP contribution in [0.15, 0.2) is 84.5 Å². The Kier molecular flexibility index (Phi) is 5.52. The largest absolute Gasteiger partial charge is 0.497 e. The monoisotopic (exact) mass is 399 g/mol. The Morgan fingerprint density at radius 1 is 1.10 bits per heavy atom. The molecular formula is C23H21N5O2. The van der Waals surface area contributed by atoms with Gasteiger partial charge in [-0.25, -0.2) is 9.97 Å². The molecule has 1 aliphatic rings. The zero-order valence-electron chi connectivity index (χ0n) is 16.8. The van der Waals surface area contributed by atoms with Crippen molar-refractivity contribution in [3.63, 3.8) is 0 Å². The van der Waals surface area contributed by atoms with Gasteiger partial charge < -0.3 is 14.4 Å². The summed E-state index contributed by atoms with van der Waals surface area (Å²) < 4.78 is 11.4. The van der Waals surface area contributed by atoms with E-state index in [1.807, 2.05) is 47.5 Å². The third-order valence-electron chi connectivity index (χ3n) is 4.66. The highest BCUT2D eigenvalue weighted by molar-refractivity contribution is 5.91. The molecule has 0 spiro atoms. The highest BCUT2D eigenvalue weighted by Crippen LogP contribution is 2.28. The molecule has 0 saturated carbocycles. The van der Waals surface area contributed by atoms with E-state index in [9.17, 15) is 0 Å². The van der Waals surface area contributed by atoms with Crippen LogP contribution < -0.4 is 9.47 Å². The van der Waals surface area contributed by atoms with E-state index in [0.717, 1.165) is 33.7 Å². The van der Waals surface area contributed by atoms with Crippen molar-refractivity contribution in [3.05, 3.63) is 85.4 Å². The molecule has 0 N–H and O–H groups in total. The van der Waals surface area contributed by atoms with Crippen LogP contribution in [-0.4, -0.2) is 46.5 Å². The first-order valence-corrected chi connectivity index (χ1v) is 9.36. The summed E-state index contributed by atoms with van der Waals surface area (Å²) in [6, 6.07) is 9.33. The number of rotatable bonds is 5. The van der Waals surface area contributed by atoms with Crippen LogP contribution in [0, 0.1) is 0 Å². The van der Waals surface area contributed by atoms with Gasteiger partial charge in [0.1, 0.15) is 23.9 Å². The molecule has 30 heavy (non-hydrogen) atoms. The van der Waals surface area contributed by atoms with E-state index in [4.69, 9.17) is 9.47 Å². The number of hydrogen-bond donors (Lipinski definition) is 0. The molecule has 1 aliphatic heterocycles. The van der Waals surface area contributed by atoms with Gasteiger partial charge in [0.15, 0.2) is 5.82 Å². The molecule has 0 radical (unpaired) electrons. The maximum absolute atomic E-state index is 6.11. The zero-order valence-corrected chi connectivity index (χ0v) is 16.8. The molecule has 2 aromatic heterocycles. The van der Waals surface area contributed by atoms with E-state index < -0.39 is 0 Å². The average Bonchev–Trinajstić information content (AvgIpc) is 2.80. The fourth-order valence-electron chi connectivity index (χ4n) is 3.09. The van der Waals surface area contributed by atoms with Gasteiger partial charge in [-0.15, -0.1) is 0 Å².